The van der Waals surface area contributed by atoms with E-state index in [1.165, 1.54) is 19.3 Å². The second kappa shape index (κ2) is 8.32. The maximum atomic E-state index is 12.7. The molecule has 134 valence electrons. The molecule has 4 heteroatoms. The molecule has 1 aromatic carbocycles. The number of carbonyl (C=O) groups excluding carboxylic acids is 2. The number of carbonyl (C=O) groups is 2. The average Bonchev–Trinajstić information content (AvgIpc) is 3.13. The smallest absolute Gasteiger partial charge is 0.247 e. The van der Waals surface area contributed by atoms with Crippen LogP contribution in [-0.2, 0) is 9.59 Å². The summed E-state index contributed by atoms with van der Waals surface area (Å²) >= 11 is 0. The minimum absolute atomic E-state index is 0.0310. The van der Waals surface area contributed by atoms with Gasteiger partial charge in [-0.2, -0.15) is 0 Å². The van der Waals surface area contributed by atoms with Gasteiger partial charge in [-0.25, -0.2) is 0 Å². The molecule has 3 rings (SSSR count). The largest absolute Gasteiger partial charge is 0.352 e. The van der Waals surface area contributed by atoms with Gasteiger partial charge < -0.3 is 10.2 Å². The molecule has 1 heterocycles. The van der Waals surface area contributed by atoms with Crippen molar-refractivity contribution in [2.45, 2.75) is 64.0 Å². The molecule has 0 radical (unpaired) electrons. The molecule has 2 amide bonds. The van der Waals surface area contributed by atoms with E-state index < -0.39 is 0 Å². The first kappa shape index (κ1) is 17.7. The van der Waals surface area contributed by atoms with Crippen LogP contribution in [0.5, 0.6) is 0 Å². The Morgan fingerprint density at radius 3 is 2.48 bits per heavy atom. The number of allylic oxidation sites excluding steroid dienone is 1. The van der Waals surface area contributed by atoms with Gasteiger partial charge in [0.2, 0.25) is 11.8 Å². The van der Waals surface area contributed by atoms with Crippen molar-refractivity contribution in [3.63, 3.8) is 0 Å². The third-order valence-corrected chi connectivity index (χ3v) is 5.36. The van der Waals surface area contributed by atoms with E-state index in [1.54, 1.807) is 11.0 Å². The van der Waals surface area contributed by atoms with Crippen molar-refractivity contribution in [2.75, 3.05) is 6.54 Å². The summed E-state index contributed by atoms with van der Waals surface area (Å²) in [5, 5.41) is 3.18. The molecule has 0 aromatic heterocycles. The van der Waals surface area contributed by atoms with Crippen molar-refractivity contribution in [1.82, 2.24) is 10.2 Å². The Hall–Kier alpha value is -2.10. The fourth-order valence-corrected chi connectivity index (χ4v) is 3.90. The summed E-state index contributed by atoms with van der Waals surface area (Å²) in [6.45, 7) is 2.61. The normalized spacial score (nSPS) is 22.0. The number of rotatable bonds is 4. The molecular formula is C21H28N2O2. The highest BCUT2D eigenvalue weighted by atomic mass is 16.2. The summed E-state index contributed by atoms with van der Waals surface area (Å²) in [6, 6.07) is 9.87. The van der Waals surface area contributed by atoms with Crippen LogP contribution in [0.1, 0.15) is 57.4 Å². The Morgan fingerprint density at radius 1 is 1.04 bits per heavy atom. The summed E-state index contributed by atoms with van der Waals surface area (Å²) in [4.78, 5) is 27.1. The van der Waals surface area contributed by atoms with Crippen LogP contribution in [0.4, 0.5) is 0 Å². The van der Waals surface area contributed by atoms with Crippen molar-refractivity contribution in [3.8, 4) is 0 Å². The molecule has 1 atom stereocenters. The lowest BCUT2D eigenvalue weighted by atomic mass is 9.95. The molecule has 0 bridgehead atoms. The summed E-state index contributed by atoms with van der Waals surface area (Å²) in [6.07, 6.45) is 9.12. The quantitative estimate of drug-likeness (QED) is 0.853. The molecule has 1 aliphatic heterocycles. The first-order chi connectivity index (χ1) is 12.1. The van der Waals surface area contributed by atoms with Gasteiger partial charge in [0.05, 0.1) is 0 Å². The van der Waals surface area contributed by atoms with Gasteiger partial charge >= 0.3 is 0 Å². The molecule has 4 nitrogen and oxygen atoms in total. The van der Waals surface area contributed by atoms with E-state index in [-0.39, 0.29) is 17.9 Å². The maximum absolute atomic E-state index is 12.7. The number of benzene rings is 1. The Kier molecular flexibility index (Phi) is 5.90. The lowest BCUT2D eigenvalue weighted by Gasteiger charge is -2.28. The predicted molar refractivity (Wildman–Crippen MR) is 99.8 cm³/mol. The van der Waals surface area contributed by atoms with Crippen molar-refractivity contribution < 1.29 is 9.59 Å². The van der Waals surface area contributed by atoms with E-state index in [0.29, 0.717) is 12.6 Å². The highest BCUT2D eigenvalue weighted by Crippen LogP contribution is 2.22. The highest BCUT2D eigenvalue weighted by molar-refractivity contribution is 5.98. The third kappa shape index (κ3) is 4.50. The second-order valence-corrected chi connectivity index (χ2v) is 7.23. The number of hydrogen-bond donors (Lipinski definition) is 1. The molecule has 1 saturated heterocycles. The van der Waals surface area contributed by atoms with Gasteiger partial charge in [-0.3, -0.25) is 9.59 Å². The van der Waals surface area contributed by atoms with Crippen molar-refractivity contribution in [2.24, 2.45) is 0 Å². The van der Waals surface area contributed by atoms with Crippen LogP contribution < -0.4 is 5.32 Å². The van der Waals surface area contributed by atoms with E-state index in [1.807, 2.05) is 37.3 Å². The number of nitrogens with zero attached hydrogens (tertiary/aromatic N) is 1. The van der Waals surface area contributed by atoms with E-state index in [0.717, 1.165) is 36.8 Å². The Morgan fingerprint density at radius 2 is 1.76 bits per heavy atom. The van der Waals surface area contributed by atoms with E-state index in [9.17, 15) is 9.59 Å². The van der Waals surface area contributed by atoms with Crippen molar-refractivity contribution in [3.05, 3.63) is 42.0 Å². The zero-order chi connectivity index (χ0) is 17.6. The molecule has 1 N–H and O–H groups in total. The zero-order valence-electron chi connectivity index (χ0n) is 15.0. The van der Waals surface area contributed by atoms with Crippen molar-refractivity contribution >= 4 is 17.4 Å². The molecule has 2 fully saturated rings. The lowest BCUT2D eigenvalue weighted by Crippen LogP contribution is -2.48. The Balaban J connectivity index is 1.64. The third-order valence-electron chi connectivity index (χ3n) is 5.36. The van der Waals surface area contributed by atoms with E-state index >= 15 is 0 Å². The monoisotopic (exact) mass is 340 g/mol. The number of amides is 2. The molecule has 25 heavy (non-hydrogen) atoms. The van der Waals surface area contributed by atoms with Crippen LogP contribution in [-0.4, -0.2) is 35.3 Å². The number of likely N-dealkylation sites (tertiary alicyclic amines) is 1. The fraction of sp³-hybridized carbons (Fsp3) is 0.524. The minimum Gasteiger partial charge on any atom is -0.352 e. The van der Waals surface area contributed by atoms with E-state index in [2.05, 4.69) is 5.32 Å². The van der Waals surface area contributed by atoms with Gasteiger partial charge in [-0.15, -0.1) is 0 Å². The lowest BCUT2D eigenvalue weighted by molar-refractivity contribution is -0.135. The van der Waals surface area contributed by atoms with Crippen LogP contribution in [0.25, 0.3) is 5.57 Å². The first-order valence-electron chi connectivity index (χ1n) is 9.50. The van der Waals surface area contributed by atoms with Gasteiger partial charge in [0.1, 0.15) is 6.04 Å². The molecule has 0 spiro atoms. The zero-order valence-corrected chi connectivity index (χ0v) is 15.0. The minimum atomic E-state index is -0.311. The number of nitrogens with one attached hydrogen (secondary N) is 1. The summed E-state index contributed by atoms with van der Waals surface area (Å²) in [5.41, 5.74) is 1.97. The Bertz CT molecular complexity index is 633. The Labute approximate surface area is 150 Å². The molecule has 0 unspecified atom stereocenters. The topological polar surface area (TPSA) is 49.4 Å². The standard InChI is InChI=1S/C21H28N2O2/c1-16(17-9-4-2-5-10-17)15-20(24)23-14-8-13-19(23)21(25)22-18-11-6-3-7-12-18/h2,4-5,9-10,15,18-19H,3,6-8,11-14H2,1H3,(H,22,25)/b16-15+/t19-/m0/s1. The predicted octanol–water partition coefficient (Wildman–Crippen LogP) is 3.53. The van der Waals surface area contributed by atoms with Gasteiger partial charge in [0.15, 0.2) is 0 Å². The summed E-state index contributed by atoms with van der Waals surface area (Å²) in [7, 11) is 0. The summed E-state index contributed by atoms with van der Waals surface area (Å²) in [5.74, 6) is -0.0221. The average molecular weight is 340 g/mol. The summed E-state index contributed by atoms with van der Waals surface area (Å²) < 4.78 is 0. The molecular weight excluding hydrogens is 312 g/mol. The van der Waals surface area contributed by atoms with Gasteiger partial charge in [0, 0.05) is 18.7 Å². The molecule has 1 aromatic rings. The van der Waals surface area contributed by atoms with Crippen LogP contribution in [0.3, 0.4) is 0 Å². The molecule has 1 saturated carbocycles. The number of hydrogen-bond acceptors (Lipinski definition) is 2. The van der Waals surface area contributed by atoms with Gasteiger partial charge in [0.25, 0.3) is 0 Å². The fourth-order valence-electron chi connectivity index (χ4n) is 3.90. The van der Waals surface area contributed by atoms with Gasteiger partial charge in [-0.05, 0) is 43.7 Å². The van der Waals surface area contributed by atoms with Crippen LogP contribution in [0.15, 0.2) is 36.4 Å². The highest BCUT2D eigenvalue weighted by Gasteiger charge is 2.34. The van der Waals surface area contributed by atoms with Crippen molar-refractivity contribution in [1.29, 1.82) is 0 Å². The van der Waals surface area contributed by atoms with Crippen LogP contribution in [0, 0.1) is 0 Å². The molecule has 1 aliphatic carbocycles. The first-order valence-corrected chi connectivity index (χ1v) is 9.50. The van der Waals surface area contributed by atoms with E-state index in [4.69, 9.17) is 0 Å². The molecule has 2 aliphatic rings. The van der Waals surface area contributed by atoms with Crippen LogP contribution >= 0.6 is 0 Å². The SMILES string of the molecule is C/C(=C\C(=O)N1CCC[C@H]1C(=O)NC1CCCCC1)c1ccccc1. The van der Waals surface area contributed by atoms with Crippen LogP contribution in [0.2, 0.25) is 0 Å². The van der Waals surface area contributed by atoms with Gasteiger partial charge in [-0.1, -0.05) is 49.6 Å². The second-order valence-electron chi connectivity index (χ2n) is 7.23. The maximum Gasteiger partial charge on any atom is 0.247 e.